The van der Waals surface area contributed by atoms with Crippen LogP contribution < -0.4 is 10.1 Å². The van der Waals surface area contributed by atoms with E-state index in [9.17, 15) is 0 Å². The molecule has 3 aromatic rings. The van der Waals surface area contributed by atoms with Crippen molar-refractivity contribution in [1.82, 2.24) is 10.3 Å². The van der Waals surface area contributed by atoms with Gasteiger partial charge in [0, 0.05) is 23.1 Å². The molecule has 2 N–H and O–H groups in total. The Labute approximate surface area is 149 Å². The number of ether oxygens (including phenoxy) is 1. The van der Waals surface area contributed by atoms with Crippen LogP contribution in [0.4, 0.5) is 0 Å². The van der Waals surface area contributed by atoms with E-state index in [0.717, 1.165) is 18.7 Å². The maximum atomic E-state index is 5.54. The Morgan fingerprint density at radius 3 is 2.36 bits per heavy atom. The first-order valence-electron chi connectivity index (χ1n) is 8.99. The van der Waals surface area contributed by atoms with E-state index in [1.165, 1.54) is 50.0 Å². The summed E-state index contributed by atoms with van der Waals surface area (Å²) < 4.78 is 5.54. The van der Waals surface area contributed by atoms with Crippen molar-refractivity contribution in [2.24, 2.45) is 0 Å². The van der Waals surface area contributed by atoms with Crippen molar-refractivity contribution in [3.63, 3.8) is 0 Å². The number of nitrogens with one attached hydrogen (secondary N) is 2. The van der Waals surface area contributed by atoms with Gasteiger partial charge in [-0.3, -0.25) is 0 Å². The normalized spacial score (nSPS) is 16.9. The van der Waals surface area contributed by atoms with E-state index >= 15 is 0 Å². The molecule has 2 aromatic carbocycles. The maximum absolute atomic E-state index is 5.54. The van der Waals surface area contributed by atoms with E-state index in [2.05, 4.69) is 62.3 Å². The van der Waals surface area contributed by atoms with Crippen molar-refractivity contribution in [1.29, 1.82) is 0 Å². The molecule has 25 heavy (non-hydrogen) atoms. The van der Waals surface area contributed by atoms with E-state index in [1.807, 2.05) is 0 Å². The van der Waals surface area contributed by atoms with Crippen LogP contribution in [-0.2, 0) is 6.42 Å². The average molecular weight is 334 g/mol. The van der Waals surface area contributed by atoms with Crippen molar-refractivity contribution >= 4 is 10.9 Å². The van der Waals surface area contributed by atoms with Gasteiger partial charge >= 0.3 is 0 Å². The first-order valence-corrected chi connectivity index (χ1v) is 8.99. The molecule has 1 aliphatic heterocycles. The molecule has 0 saturated carbocycles. The summed E-state index contributed by atoms with van der Waals surface area (Å²) in [6, 6.07) is 9.26. The summed E-state index contributed by atoms with van der Waals surface area (Å²) >= 11 is 0. The monoisotopic (exact) mass is 334 g/mol. The van der Waals surface area contributed by atoms with Crippen LogP contribution in [0.5, 0.6) is 5.75 Å². The third kappa shape index (κ3) is 2.54. The second-order valence-electron chi connectivity index (χ2n) is 7.35. The lowest BCUT2D eigenvalue weighted by molar-refractivity contribution is 0.408. The summed E-state index contributed by atoms with van der Waals surface area (Å²) in [7, 11) is 1.74. The molecule has 3 heteroatoms. The Bertz CT molecular complexity index is 945. The predicted molar refractivity (Wildman–Crippen MR) is 104 cm³/mol. The highest BCUT2D eigenvalue weighted by atomic mass is 16.5. The van der Waals surface area contributed by atoms with Crippen LogP contribution in [0.15, 0.2) is 24.3 Å². The van der Waals surface area contributed by atoms with E-state index in [-0.39, 0.29) is 6.04 Å². The summed E-state index contributed by atoms with van der Waals surface area (Å²) in [4.78, 5) is 3.72. The zero-order valence-electron chi connectivity index (χ0n) is 15.7. The second-order valence-corrected chi connectivity index (χ2v) is 7.35. The number of H-pyrrole nitrogens is 1. The van der Waals surface area contributed by atoms with Gasteiger partial charge in [0.15, 0.2) is 0 Å². The van der Waals surface area contributed by atoms with Gasteiger partial charge in [-0.15, -0.1) is 0 Å². The minimum atomic E-state index is 0.208. The second kappa shape index (κ2) is 5.92. The lowest BCUT2D eigenvalue weighted by Gasteiger charge is -2.26. The fourth-order valence-electron chi connectivity index (χ4n) is 4.53. The molecule has 0 amide bonds. The van der Waals surface area contributed by atoms with Crippen LogP contribution in [-0.4, -0.2) is 18.6 Å². The van der Waals surface area contributed by atoms with E-state index in [1.54, 1.807) is 7.11 Å². The van der Waals surface area contributed by atoms with Crippen LogP contribution in [0.25, 0.3) is 10.9 Å². The number of fused-ring (bicyclic) bond motifs is 3. The molecule has 2 heterocycles. The Morgan fingerprint density at radius 1 is 0.960 bits per heavy atom. The standard InChI is InChI=1S/C22H26N2O/c1-12-8-13(2)19-17-6-7-23-20(21(17)24-18(19)9-12)16-10-14(3)22(25-5)15(4)11-16/h8-11,20,23-24H,6-7H2,1-5H3. The van der Waals surface area contributed by atoms with Gasteiger partial charge < -0.3 is 15.0 Å². The fourth-order valence-corrected chi connectivity index (χ4v) is 4.53. The fraction of sp³-hybridized carbons (Fsp3) is 0.364. The SMILES string of the molecule is COc1c(C)cc(C2NCCc3c2[nH]c2cc(C)cc(C)c32)cc1C. The summed E-state index contributed by atoms with van der Waals surface area (Å²) in [6.07, 6.45) is 1.07. The third-order valence-electron chi connectivity index (χ3n) is 5.41. The van der Waals surface area contributed by atoms with Crippen LogP contribution in [0.3, 0.4) is 0 Å². The molecule has 1 aliphatic rings. The van der Waals surface area contributed by atoms with Crippen molar-refractivity contribution in [2.75, 3.05) is 13.7 Å². The lowest BCUT2D eigenvalue weighted by Crippen LogP contribution is -2.30. The molecule has 0 bridgehead atoms. The summed E-state index contributed by atoms with van der Waals surface area (Å²) in [6.45, 7) is 9.64. The number of rotatable bonds is 2. The van der Waals surface area contributed by atoms with Crippen LogP contribution in [0.1, 0.15) is 45.1 Å². The van der Waals surface area contributed by atoms with Crippen molar-refractivity contribution in [3.8, 4) is 5.75 Å². The number of benzene rings is 2. The quantitative estimate of drug-likeness (QED) is 0.716. The molecule has 1 unspecified atom stereocenters. The Kier molecular flexibility index (Phi) is 3.84. The molecule has 0 fully saturated rings. The number of hydrogen-bond donors (Lipinski definition) is 2. The Balaban J connectivity index is 1.89. The number of aromatic nitrogens is 1. The number of aryl methyl sites for hydroxylation is 4. The largest absolute Gasteiger partial charge is 0.496 e. The third-order valence-corrected chi connectivity index (χ3v) is 5.41. The first-order chi connectivity index (χ1) is 12.0. The molecule has 4 rings (SSSR count). The van der Waals surface area contributed by atoms with Crippen LogP contribution >= 0.6 is 0 Å². The van der Waals surface area contributed by atoms with Crippen molar-refractivity contribution < 1.29 is 4.74 Å². The van der Waals surface area contributed by atoms with Crippen molar-refractivity contribution in [2.45, 2.75) is 40.2 Å². The molecule has 130 valence electrons. The molecule has 1 atom stereocenters. The van der Waals surface area contributed by atoms with Gasteiger partial charge in [0.1, 0.15) is 5.75 Å². The van der Waals surface area contributed by atoms with Gasteiger partial charge in [0.05, 0.1) is 13.2 Å². The molecular formula is C22H26N2O. The summed E-state index contributed by atoms with van der Waals surface area (Å²) in [5.41, 5.74) is 10.4. The summed E-state index contributed by atoms with van der Waals surface area (Å²) in [5.74, 6) is 0.989. The van der Waals surface area contributed by atoms with E-state index in [0.29, 0.717) is 0 Å². The Hall–Kier alpha value is -2.26. The smallest absolute Gasteiger partial charge is 0.124 e. The van der Waals surface area contributed by atoms with Crippen LogP contribution in [0, 0.1) is 27.7 Å². The Morgan fingerprint density at radius 2 is 1.68 bits per heavy atom. The molecule has 0 radical (unpaired) electrons. The van der Waals surface area contributed by atoms with Gasteiger partial charge in [-0.05, 0) is 73.6 Å². The number of hydrogen-bond acceptors (Lipinski definition) is 2. The highest BCUT2D eigenvalue weighted by Crippen LogP contribution is 2.37. The molecule has 1 aromatic heterocycles. The van der Waals surface area contributed by atoms with Gasteiger partial charge in [-0.25, -0.2) is 0 Å². The van der Waals surface area contributed by atoms with Crippen LogP contribution in [0.2, 0.25) is 0 Å². The molecular weight excluding hydrogens is 308 g/mol. The van der Waals surface area contributed by atoms with E-state index in [4.69, 9.17) is 4.74 Å². The molecule has 0 saturated heterocycles. The van der Waals surface area contributed by atoms with Crippen molar-refractivity contribution in [3.05, 3.63) is 63.3 Å². The predicted octanol–water partition coefficient (Wildman–Crippen LogP) is 4.65. The zero-order valence-corrected chi connectivity index (χ0v) is 15.7. The lowest BCUT2D eigenvalue weighted by atomic mass is 9.91. The number of methoxy groups -OCH3 is 1. The maximum Gasteiger partial charge on any atom is 0.124 e. The molecule has 3 nitrogen and oxygen atoms in total. The summed E-state index contributed by atoms with van der Waals surface area (Å²) in [5, 5.41) is 5.12. The molecule has 0 aliphatic carbocycles. The highest BCUT2D eigenvalue weighted by Gasteiger charge is 2.26. The minimum absolute atomic E-state index is 0.208. The highest BCUT2D eigenvalue weighted by molar-refractivity contribution is 5.89. The van der Waals surface area contributed by atoms with Gasteiger partial charge in [0.2, 0.25) is 0 Å². The van der Waals surface area contributed by atoms with Gasteiger partial charge in [-0.2, -0.15) is 0 Å². The minimum Gasteiger partial charge on any atom is -0.496 e. The first kappa shape index (κ1) is 16.2. The molecule has 0 spiro atoms. The van der Waals surface area contributed by atoms with Gasteiger partial charge in [-0.1, -0.05) is 18.2 Å². The number of aromatic amines is 1. The average Bonchev–Trinajstić information content (AvgIpc) is 2.92. The van der Waals surface area contributed by atoms with E-state index < -0.39 is 0 Å². The zero-order chi connectivity index (χ0) is 17.7. The van der Waals surface area contributed by atoms with Gasteiger partial charge in [0.25, 0.3) is 0 Å². The topological polar surface area (TPSA) is 37.0 Å².